The summed E-state index contributed by atoms with van der Waals surface area (Å²) in [4.78, 5) is 5.62. The molecule has 2 unspecified atom stereocenters. The third kappa shape index (κ3) is 5.75. The Morgan fingerprint density at radius 1 is 0.381 bits per heavy atom. The second kappa shape index (κ2) is 11.5. The number of aryl methyl sites for hydroxylation is 8. The van der Waals surface area contributed by atoms with Crippen LogP contribution in [0.2, 0.25) is 0 Å². The zero-order chi connectivity index (χ0) is 30.4. The SMILES string of the molecule is Cc1cc(C)cc(C(P)(c2cc(C)cc(C)c2)c2cccc(C(P)(c3cc(C)cc(C)c3)c3cc(C)cc(C)c3)n2)c1. The molecule has 42 heavy (non-hydrogen) atoms. The average Bonchev–Trinajstić information content (AvgIpc) is 2.90. The highest BCUT2D eigenvalue weighted by molar-refractivity contribution is 7.19. The highest BCUT2D eigenvalue weighted by atomic mass is 31.0. The van der Waals surface area contributed by atoms with Crippen molar-refractivity contribution in [2.75, 3.05) is 0 Å². The topological polar surface area (TPSA) is 12.9 Å². The van der Waals surface area contributed by atoms with Gasteiger partial charge in [-0.3, -0.25) is 4.98 Å². The fourth-order valence-corrected chi connectivity index (χ4v) is 7.60. The maximum Gasteiger partial charge on any atom is 0.0763 e. The molecule has 5 aromatic rings. The molecule has 0 aliphatic carbocycles. The van der Waals surface area contributed by atoms with Crippen LogP contribution in [-0.2, 0) is 10.3 Å². The van der Waals surface area contributed by atoms with Gasteiger partial charge in [0.25, 0.3) is 0 Å². The molecule has 0 amide bonds. The smallest absolute Gasteiger partial charge is 0.0763 e. The van der Waals surface area contributed by atoms with Gasteiger partial charge >= 0.3 is 0 Å². The van der Waals surface area contributed by atoms with Gasteiger partial charge in [0.15, 0.2) is 0 Å². The summed E-state index contributed by atoms with van der Waals surface area (Å²) < 4.78 is 0. The van der Waals surface area contributed by atoms with E-state index in [1.54, 1.807) is 0 Å². The standard InChI is InChI=1S/C39H43NP2/c1-24-12-25(2)17-32(16-24)38(41,33-18-26(3)13-27(4)19-33)36-10-9-11-37(40-36)39(42,34-20-28(5)14-29(6)21-34)35-22-30(7)15-31(8)23-35/h9-23H,41-42H2,1-8H3. The molecule has 0 radical (unpaired) electrons. The van der Waals surface area contributed by atoms with Crippen LogP contribution in [0.5, 0.6) is 0 Å². The molecule has 0 bridgehead atoms. The van der Waals surface area contributed by atoms with E-state index in [9.17, 15) is 0 Å². The number of rotatable bonds is 6. The minimum Gasteiger partial charge on any atom is -0.255 e. The first kappa shape index (κ1) is 30.4. The van der Waals surface area contributed by atoms with Crippen LogP contribution < -0.4 is 0 Å². The van der Waals surface area contributed by atoms with Crippen molar-refractivity contribution in [2.45, 2.75) is 65.7 Å². The summed E-state index contributed by atoms with van der Waals surface area (Å²) in [5.74, 6) is 0. The van der Waals surface area contributed by atoms with Crippen LogP contribution in [0.25, 0.3) is 0 Å². The molecular formula is C39H43NP2. The van der Waals surface area contributed by atoms with Gasteiger partial charge < -0.3 is 0 Å². The molecule has 0 aliphatic heterocycles. The van der Waals surface area contributed by atoms with Crippen molar-refractivity contribution in [3.05, 3.63) is 169 Å². The summed E-state index contributed by atoms with van der Waals surface area (Å²) in [5, 5.41) is -1.06. The van der Waals surface area contributed by atoms with E-state index in [4.69, 9.17) is 4.98 Å². The van der Waals surface area contributed by atoms with Gasteiger partial charge in [0, 0.05) is 0 Å². The quantitative estimate of drug-likeness (QED) is 0.180. The Hall–Kier alpha value is -3.11. The molecule has 0 spiro atoms. The van der Waals surface area contributed by atoms with E-state index in [1.807, 2.05) is 0 Å². The first-order chi connectivity index (χ1) is 19.8. The Morgan fingerprint density at radius 2 is 0.595 bits per heavy atom. The molecule has 1 aromatic heterocycles. The van der Waals surface area contributed by atoms with Crippen molar-refractivity contribution in [3.8, 4) is 0 Å². The first-order valence-electron chi connectivity index (χ1n) is 14.7. The second-order valence-electron chi connectivity index (χ2n) is 12.5. The maximum atomic E-state index is 5.62. The van der Waals surface area contributed by atoms with E-state index in [-0.39, 0.29) is 0 Å². The van der Waals surface area contributed by atoms with Crippen LogP contribution in [0.15, 0.2) is 91.0 Å². The largest absolute Gasteiger partial charge is 0.255 e. The normalized spacial score (nSPS) is 12.0. The molecule has 0 saturated heterocycles. The lowest BCUT2D eigenvalue weighted by atomic mass is 9.82. The summed E-state index contributed by atoms with van der Waals surface area (Å²) in [6.07, 6.45) is 0. The Morgan fingerprint density at radius 3 is 0.810 bits per heavy atom. The van der Waals surface area contributed by atoms with Crippen molar-refractivity contribution in [2.24, 2.45) is 0 Å². The molecule has 2 atom stereocenters. The number of benzene rings is 4. The van der Waals surface area contributed by atoms with Gasteiger partial charge in [-0.2, -0.15) is 0 Å². The van der Waals surface area contributed by atoms with Crippen molar-refractivity contribution in [1.82, 2.24) is 4.98 Å². The van der Waals surface area contributed by atoms with Gasteiger partial charge in [-0.1, -0.05) is 123 Å². The summed E-state index contributed by atoms with van der Waals surface area (Å²) >= 11 is 0. The average molecular weight is 588 g/mol. The van der Waals surface area contributed by atoms with Crippen molar-refractivity contribution >= 4 is 18.5 Å². The lowest BCUT2D eigenvalue weighted by Gasteiger charge is -2.35. The minimum atomic E-state index is -0.528. The van der Waals surface area contributed by atoms with Crippen molar-refractivity contribution in [3.63, 3.8) is 0 Å². The lowest BCUT2D eigenvalue weighted by molar-refractivity contribution is 0.783. The van der Waals surface area contributed by atoms with Crippen molar-refractivity contribution < 1.29 is 0 Å². The second-order valence-corrected chi connectivity index (χ2v) is 14.3. The molecule has 0 fully saturated rings. The first-order valence-corrected chi connectivity index (χ1v) is 15.9. The Balaban J connectivity index is 1.84. The Bertz CT molecular complexity index is 1490. The fourth-order valence-electron chi connectivity index (χ4n) is 6.61. The fraction of sp³-hybridized carbons (Fsp3) is 0.256. The van der Waals surface area contributed by atoms with Gasteiger partial charge in [0.05, 0.1) is 21.7 Å². The summed E-state index contributed by atoms with van der Waals surface area (Å²) in [5.41, 5.74) is 17.0. The van der Waals surface area contributed by atoms with E-state index in [0.717, 1.165) is 11.4 Å². The van der Waals surface area contributed by atoms with Crippen LogP contribution in [0.1, 0.15) is 78.1 Å². The zero-order valence-corrected chi connectivity index (χ0v) is 28.6. The monoisotopic (exact) mass is 587 g/mol. The molecule has 3 heteroatoms. The predicted molar refractivity (Wildman–Crippen MR) is 187 cm³/mol. The van der Waals surface area contributed by atoms with Gasteiger partial charge in [-0.15, -0.1) is 18.5 Å². The molecule has 1 nitrogen and oxygen atoms in total. The summed E-state index contributed by atoms with van der Waals surface area (Å²) in [6, 6.07) is 34.1. The minimum absolute atomic E-state index is 0.528. The lowest BCUT2D eigenvalue weighted by Crippen LogP contribution is -2.28. The molecule has 0 saturated carbocycles. The highest BCUT2D eigenvalue weighted by Crippen LogP contribution is 2.49. The van der Waals surface area contributed by atoms with Gasteiger partial charge in [-0.25, -0.2) is 0 Å². The molecule has 1 heterocycles. The third-order valence-corrected chi connectivity index (χ3v) is 10.2. The van der Waals surface area contributed by atoms with Gasteiger partial charge in [0.1, 0.15) is 0 Å². The molecule has 5 rings (SSSR count). The molecule has 4 aromatic carbocycles. The van der Waals surface area contributed by atoms with Crippen LogP contribution in [0.3, 0.4) is 0 Å². The van der Waals surface area contributed by atoms with E-state index < -0.39 is 10.3 Å². The van der Waals surface area contributed by atoms with Gasteiger partial charge in [-0.05, 0) is 89.8 Å². The molecule has 214 valence electrons. The molecule has 0 aliphatic rings. The number of hydrogen-bond donors (Lipinski definition) is 0. The Labute approximate surface area is 257 Å². The predicted octanol–water partition coefficient (Wildman–Crippen LogP) is 9.88. The van der Waals surface area contributed by atoms with Crippen LogP contribution in [0.4, 0.5) is 0 Å². The van der Waals surface area contributed by atoms with Crippen molar-refractivity contribution in [1.29, 1.82) is 0 Å². The highest BCUT2D eigenvalue weighted by Gasteiger charge is 2.38. The number of pyridine rings is 1. The van der Waals surface area contributed by atoms with E-state index in [0.29, 0.717) is 0 Å². The van der Waals surface area contributed by atoms with Crippen LogP contribution >= 0.6 is 18.5 Å². The Kier molecular flexibility index (Phi) is 8.33. The summed E-state index contributed by atoms with van der Waals surface area (Å²) in [7, 11) is 6.46. The number of nitrogens with zero attached hydrogens (tertiary/aromatic N) is 1. The number of hydrogen-bond acceptors (Lipinski definition) is 1. The van der Waals surface area contributed by atoms with Crippen LogP contribution in [0, 0.1) is 55.4 Å². The van der Waals surface area contributed by atoms with E-state index in [1.165, 1.54) is 66.8 Å². The number of aromatic nitrogens is 1. The van der Waals surface area contributed by atoms with Crippen LogP contribution in [-0.4, -0.2) is 4.98 Å². The van der Waals surface area contributed by atoms with E-state index >= 15 is 0 Å². The zero-order valence-electron chi connectivity index (χ0n) is 26.3. The summed E-state index contributed by atoms with van der Waals surface area (Å²) in [6.45, 7) is 17.5. The van der Waals surface area contributed by atoms with Gasteiger partial charge in [0.2, 0.25) is 0 Å². The molecular weight excluding hydrogens is 544 g/mol. The van der Waals surface area contributed by atoms with E-state index in [2.05, 4.69) is 165 Å². The maximum absolute atomic E-state index is 5.62. The molecule has 0 N–H and O–H groups in total. The third-order valence-electron chi connectivity index (χ3n) is 8.27.